The van der Waals surface area contributed by atoms with Gasteiger partial charge in [-0.1, -0.05) is 12.5 Å². The second-order valence-corrected chi connectivity index (χ2v) is 8.73. The Kier molecular flexibility index (Phi) is 6.29. The van der Waals surface area contributed by atoms with Crippen LogP contribution in [0, 0.1) is 5.82 Å². The minimum absolute atomic E-state index is 0.0514. The molecule has 0 unspecified atom stereocenters. The first-order chi connectivity index (χ1) is 13.8. The predicted molar refractivity (Wildman–Crippen MR) is 107 cm³/mol. The van der Waals surface area contributed by atoms with Crippen molar-refractivity contribution in [1.82, 2.24) is 9.73 Å². The highest BCUT2D eigenvalue weighted by molar-refractivity contribution is 7.89. The molecule has 154 valence electrons. The maximum Gasteiger partial charge on any atom is 0.271 e. The molecule has 1 fully saturated rings. The van der Waals surface area contributed by atoms with Crippen molar-refractivity contribution in [2.75, 3.05) is 13.1 Å². The van der Waals surface area contributed by atoms with E-state index >= 15 is 0 Å². The van der Waals surface area contributed by atoms with Crippen molar-refractivity contribution in [1.29, 1.82) is 0 Å². The van der Waals surface area contributed by atoms with Crippen molar-refractivity contribution in [3.63, 3.8) is 0 Å². The van der Waals surface area contributed by atoms with Gasteiger partial charge in [-0.3, -0.25) is 4.79 Å². The van der Waals surface area contributed by atoms with E-state index < -0.39 is 21.7 Å². The van der Waals surface area contributed by atoms with Crippen LogP contribution >= 0.6 is 0 Å². The summed E-state index contributed by atoms with van der Waals surface area (Å²) in [5, 5.41) is 13.7. The number of carbonyl (C=O) groups excluding carboxylic acids is 1. The zero-order valence-corrected chi connectivity index (χ0v) is 16.7. The van der Waals surface area contributed by atoms with E-state index in [1.807, 2.05) is 0 Å². The fourth-order valence-electron chi connectivity index (χ4n) is 3.11. The summed E-state index contributed by atoms with van der Waals surface area (Å²) >= 11 is 0. The van der Waals surface area contributed by atoms with Gasteiger partial charge in [0.25, 0.3) is 5.91 Å². The predicted octanol–water partition coefficient (Wildman–Crippen LogP) is 2.86. The second-order valence-electron chi connectivity index (χ2n) is 6.79. The molecule has 1 aliphatic rings. The highest BCUT2D eigenvalue weighted by Gasteiger charge is 2.26. The molecule has 0 bridgehead atoms. The number of carbonyl (C=O) groups is 1. The van der Waals surface area contributed by atoms with Crippen LogP contribution in [0.2, 0.25) is 0 Å². The molecule has 1 aliphatic heterocycles. The van der Waals surface area contributed by atoms with Crippen LogP contribution in [0.15, 0.2) is 52.5 Å². The molecule has 9 heteroatoms. The number of hydrazone groups is 1. The lowest BCUT2D eigenvalue weighted by Crippen LogP contribution is -2.35. The molecule has 1 heterocycles. The number of nitrogens with one attached hydrogen (secondary N) is 1. The van der Waals surface area contributed by atoms with Gasteiger partial charge in [0, 0.05) is 24.2 Å². The van der Waals surface area contributed by atoms with E-state index in [9.17, 15) is 22.7 Å². The highest BCUT2D eigenvalue weighted by atomic mass is 32.2. The number of sulfonamides is 1. The molecular weight excluding hydrogens is 397 g/mol. The summed E-state index contributed by atoms with van der Waals surface area (Å²) in [4.78, 5) is 12.5. The van der Waals surface area contributed by atoms with Crippen molar-refractivity contribution in [3.8, 4) is 5.75 Å². The lowest BCUT2D eigenvalue weighted by molar-refractivity contribution is 0.0954. The van der Waals surface area contributed by atoms with Crippen LogP contribution in [-0.2, 0) is 10.0 Å². The fourth-order valence-corrected chi connectivity index (χ4v) is 4.67. The number of piperidine rings is 1. The average Bonchev–Trinajstić information content (AvgIpc) is 2.74. The zero-order valence-electron chi connectivity index (χ0n) is 15.9. The Balaban J connectivity index is 1.78. The van der Waals surface area contributed by atoms with Crippen LogP contribution in [0.1, 0.15) is 42.1 Å². The van der Waals surface area contributed by atoms with E-state index in [4.69, 9.17) is 0 Å². The van der Waals surface area contributed by atoms with Crippen LogP contribution in [-0.4, -0.2) is 42.5 Å². The van der Waals surface area contributed by atoms with Gasteiger partial charge < -0.3 is 5.11 Å². The molecule has 0 spiro atoms. The smallest absolute Gasteiger partial charge is 0.271 e. The van der Waals surface area contributed by atoms with Gasteiger partial charge in [-0.25, -0.2) is 18.2 Å². The van der Waals surface area contributed by atoms with Crippen LogP contribution < -0.4 is 5.43 Å². The minimum atomic E-state index is -3.66. The number of hydrogen-bond donors (Lipinski definition) is 2. The molecule has 2 N–H and O–H groups in total. The van der Waals surface area contributed by atoms with Crippen LogP contribution in [0.25, 0.3) is 0 Å². The van der Waals surface area contributed by atoms with Gasteiger partial charge in [0.1, 0.15) is 11.6 Å². The SMILES string of the molecule is C/C(=N\NC(=O)c1cccc(S(=O)(=O)N2CCCCC2)c1)c1cc(F)ccc1O. The summed E-state index contributed by atoms with van der Waals surface area (Å²) in [6.07, 6.45) is 2.65. The van der Waals surface area contributed by atoms with Crippen molar-refractivity contribution >= 4 is 21.6 Å². The van der Waals surface area contributed by atoms with E-state index in [1.165, 1.54) is 41.6 Å². The number of benzene rings is 2. The number of rotatable bonds is 5. The molecule has 0 saturated carbocycles. The van der Waals surface area contributed by atoms with Crippen molar-refractivity contribution in [2.45, 2.75) is 31.1 Å². The Hall–Kier alpha value is -2.78. The largest absolute Gasteiger partial charge is 0.507 e. The molecule has 1 saturated heterocycles. The van der Waals surface area contributed by atoms with Crippen LogP contribution in [0.5, 0.6) is 5.75 Å². The maximum absolute atomic E-state index is 13.4. The first kappa shape index (κ1) is 20.9. The third-order valence-corrected chi connectivity index (χ3v) is 6.62. The first-order valence-electron chi connectivity index (χ1n) is 9.23. The number of aromatic hydroxyl groups is 1. The maximum atomic E-state index is 13.4. The summed E-state index contributed by atoms with van der Waals surface area (Å²) in [5.41, 5.74) is 2.78. The molecule has 1 amide bonds. The lowest BCUT2D eigenvalue weighted by Gasteiger charge is -2.25. The number of nitrogens with zero attached hydrogens (tertiary/aromatic N) is 2. The lowest BCUT2D eigenvalue weighted by atomic mass is 10.1. The average molecular weight is 419 g/mol. The van der Waals surface area contributed by atoms with Gasteiger partial charge in [0.15, 0.2) is 0 Å². The molecule has 7 nitrogen and oxygen atoms in total. The van der Waals surface area contributed by atoms with Crippen LogP contribution in [0.3, 0.4) is 0 Å². The number of phenols is 1. The van der Waals surface area contributed by atoms with E-state index in [0.717, 1.165) is 31.4 Å². The van der Waals surface area contributed by atoms with E-state index in [1.54, 1.807) is 0 Å². The molecule has 0 radical (unpaired) electrons. The molecule has 0 aliphatic carbocycles. The Bertz CT molecular complexity index is 1050. The monoisotopic (exact) mass is 419 g/mol. The molecule has 29 heavy (non-hydrogen) atoms. The third kappa shape index (κ3) is 4.80. The van der Waals surface area contributed by atoms with Crippen molar-refractivity contribution in [3.05, 3.63) is 59.4 Å². The second kappa shape index (κ2) is 8.71. The Morgan fingerprint density at radius 3 is 2.59 bits per heavy atom. The van der Waals surface area contributed by atoms with Crippen molar-refractivity contribution < 1.29 is 22.7 Å². The summed E-state index contributed by atoms with van der Waals surface area (Å²) in [6, 6.07) is 9.16. The van der Waals surface area contributed by atoms with E-state index in [0.29, 0.717) is 13.1 Å². The molecule has 2 aromatic carbocycles. The van der Waals surface area contributed by atoms with E-state index in [-0.39, 0.29) is 27.5 Å². The van der Waals surface area contributed by atoms with Gasteiger partial charge in [-0.05, 0) is 56.2 Å². The first-order valence-corrected chi connectivity index (χ1v) is 10.7. The van der Waals surface area contributed by atoms with Gasteiger partial charge in [0.05, 0.1) is 10.6 Å². The summed E-state index contributed by atoms with van der Waals surface area (Å²) < 4.78 is 40.4. The third-order valence-electron chi connectivity index (χ3n) is 4.72. The quantitative estimate of drug-likeness (QED) is 0.575. The van der Waals surface area contributed by atoms with Gasteiger partial charge in [-0.15, -0.1) is 0 Å². The summed E-state index contributed by atoms with van der Waals surface area (Å²) in [7, 11) is -3.66. The van der Waals surface area contributed by atoms with Gasteiger partial charge in [-0.2, -0.15) is 9.41 Å². The standard InChI is InChI=1S/C20H22FN3O4S/c1-14(18-13-16(21)8-9-19(18)25)22-23-20(26)15-6-5-7-17(12-15)29(27,28)24-10-3-2-4-11-24/h5-9,12-13,25H,2-4,10-11H2,1H3,(H,23,26)/b22-14+. The number of amides is 1. The van der Waals surface area contributed by atoms with E-state index in [2.05, 4.69) is 10.5 Å². The number of halogens is 1. The normalized spacial score (nSPS) is 15.9. The minimum Gasteiger partial charge on any atom is -0.507 e. The summed E-state index contributed by atoms with van der Waals surface area (Å²) in [6.45, 7) is 2.45. The van der Waals surface area contributed by atoms with Gasteiger partial charge in [0.2, 0.25) is 10.0 Å². The fraction of sp³-hybridized carbons (Fsp3) is 0.300. The van der Waals surface area contributed by atoms with Crippen molar-refractivity contribution in [2.24, 2.45) is 5.10 Å². The Morgan fingerprint density at radius 1 is 1.14 bits per heavy atom. The topological polar surface area (TPSA) is 99.1 Å². The highest BCUT2D eigenvalue weighted by Crippen LogP contribution is 2.22. The number of hydrogen-bond acceptors (Lipinski definition) is 5. The zero-order chi connectivity index (χ0) is 21.0. The molecular formula is C20H22FN3O4S. The number of phenolic OH excluding ortho intramolecular Hbond substituents is 1. The molecule has 2 aromatic rings. The summed E-state index contributed by atoms with van der Waals surface area (Å²) in [5.74, 6) is -1.33. The Labute approximate surface area is 168 Å². The molecule has 0 atom stereocenters. The molecule has 3 rings (SSSR count). The molecule has 0 aromatic heterocycles. The van der Waals surface area contributed by atoms with Gasteiger partial charge >= 0.3 is 0 Å². The van der Waals surface area contributed by atoms with Crippen LogP contribution in [0.4, 0.5) is 4.39 Å². The Morgan fingerprint density at radius 2 is 1.86 bits per heavy atom.